The monoisotopic (exact) mass is 226 g/mol. The molecule has 0 amide bonds. The molecule has 2 fully saturated rings. The van der Waals surface area contributed by atoms with Crippen molar-refractivity contribution < 1.29 is 4.74 Å². The van der Waals surface area contributed by atoms with Gasteiger partial charge in [0.1, 0.15) is 0 Å². The summed E-state index contributed by atoms with van der Waals surface area (Å²) in [6, 6.07) is 2.44. The van der Waals surface area contributed by atoms with Crippen LogP contribution in [-0.4, -0.2) is 50.3 Å². The Hall–Kier alpha value is -0.120. The van der Waals surface area contributed by atoms with Gasteiger partial charge in [0, 0.05) is 31.8 Å². The molecule has 2 unspecified atom stereocenters. The molecule has 2 atom stereocenters. The van der Waals surface area contributed by atoms with Crippen LogP contribution in [0.25, 0.3) is 0 Å². The molecule has 2 saturated heterocycles. The molecule has 0 aliphatic carbocycles. The van der Waals surface area contributed by atoms with Gasteiger partial charge in [-0.2, -0.15) is 0 Å². The molecule has 0 radical (unpaired) electrons. The maximum absolute atomic E-state index is 5.08. The number of rotatable bonds is 6. The van der Waals surface area contributed by atoms with Crippen molar-refractivity contribution in [2.45, 2.75) is 56.7 Å². The van der Waals surface area contributed by atoms with Crippen LogP contribution in [0.1, 0.15) is 38.5 Å². The van der Waals surface area contributed by atoms with Crippen molar-refractivity contribution in [2.24, 2.45) is 0 Å². The highest BCUT2D eigenvalue weighted by Gasteiger charge is 2.34. The van der Waals surface area contributed by atoms with E-state index in [1.165, 1.54) is 45.1 Å². The molecule has 1 N–H and O–H groups in total. The van der Waals surface area contributed by atoms with Gasteiger partial charge in [0.15, 0.2) is 0 Å². The van der Waals surface area contributed by atoms with Gasteiger partial charge >= 0.3 is 0 Å². The fourth-order valence-electron chi connectivity index (χ4n) is 3.18. The van der Waals surface area contributed by atoms with E-state index in [1.54, 1.807) is 7.11 Å². The van der Waals surface area contributed by atoms with Gasteiger partial charge in [-0.15, -0.1) is 0 Å². The minimum atomic E-state index is 0.810. The van der Waals surface area contributed by atoms with Crippen molar-refractivity contribution in [3.63, 3.8) is 0 Å². The van der Waals surface area contributed by atoms with Crippen molar-refractivity contribution in [3.8, 4) is 0 Å². The largest absolute Gasteiger partial charge is 0.385 e. The van der Waals surface area contributed by atoms with Gasteiger partial charge in [0.05, 0.1) is 0 Å². The molecule has 94 valence electrons. The molecular formula is C13H26N2O. The smallest absolute Gasteiger partial charge is 0.0462 e. The van der Waals surface area contributed by atoms with Gasteiger partial charge in [-0.1, -0.05) is 0 Å². The SMILES string of the molecule is COCCCCN(C)C1CC2CCC(C1)N2. The van der Waals surface area contributed by atoms with Crippen LogP contribution >= 0.6 is 0 Å². The molecule has 0 aromatic rings. The first kappa shape index (κ1) is 12.3. The Balaban J connectivity index is 1.67. The van der Waals surface area contributed by atoms with Crippen LogP contribution in [0, 0.1) is 0 Å². The van der Waals surface area contributed by atoms with Gasteiger partial charge in [0.25, 0.3) is 0 Å². The number of methoxy groups -OCH3 is 1. The van der Waals surface area contributed by atoms with E-state index in [0.717, 1.165) is 24.7 Å². The first-order valence-corrected chi connectivity index (χ1v) is 6.75. The molecule has 0 saturated carbocycles. The summed E-state index contributed by atoms with van der Waals surface area (Å²) in [5, 5.41) is 3.70. The summed E-state index contributed by atoms with van der Waals surface area (Å²) in [5.74, 6) is 0. The molecule has 16 heavy (non-hydrogen) atoms. The van der Waals surface area contributed by atoms with Gasteiger partial charge < -0.3 is 15.0 Å². The topological polar surface area (TPSA) is 24.5 Å². The molecule has 0 spiro atoms. The zero-order valence-electron chi connectivity index (χ0n) is 10.7. The van der Waals surface area contributed by atoms with Crippen molar-refractivity contribution >= 4 is 0 Å². The molecule has 0 aromatic carbocycles. The Morgan fingerprint density at radius 3 is 2.50 bits per heavy atom. The molecule has 2 aliphatic rings. The second-order valence-electron chi connectivity index (χ2n) is 5.44. The molecule has 2 heterocycles. The van der Waals surface area contributed by atoms with E-state index in [4.69, 9.17) is 4.74 Å². The normalized spacial score (nSPS) is 33.6. The Kier molecular flexibility index (Phi) is 4.62. The lowest BCUT2D eigenvalue weighted by molar-refractivity contribution is 0.156. The van der Waals surface area contributed by atoms with Crippen LogP contribution in [0.5, 0.6) is 0 Å². The highest BCUT2D eigenvalue weighted by Crippen LogP contribution is 2.29. The van der Waals surface area contributed by atoms with Crippen LogP contribution in [0.4, 0.5) is 0 Å². The Bertz CT molecular complexity index is 198. The Morgan fingerprint density at radius 1 is 1.19 bits per heavy atom. The summed E-state index contributed by atoms with van der Waals surface area (Å²) < 4.78 is 5.08. The molecule has 2 aliphatic heterocycles. The molecule has 3 nitrogen and oxygen atoms in total. The summed E-state index contributed by atoms with van der Waals surface area (Å²) in [6.07, 6.45) is 7.98. The van der Waals surface area contributed by atoms with E-state index >= 15 is 0 Å². The molecule has 2 rings (SSSR count). The number of hydrogen-bond donors (Lipinski definition) is 1. The number of unbranched alkanes of at least 4 members (excludes halogenated alkanes) is 1. The number of fused-ring (bicyclic) bond motifs is 2. The third-order valence-electron chi connectivity index (χ3n) is 4.18. The first-order chi connectivity index (χ1) is 7.79. The summed E-state index contributed by atoms with van der Waals surface area (Å²) in [4.78, 5) is 2.57. The standard InChI is InChI=1S/C13H26N2O/c1-15(7-3-4-8-16-2)13-9-11-5-6-12(10-13)14-11/h11-14H,3-10H2,1-2H3. The minimum absolute atomic E-state index is 0.810. The highest BCUT2D eigenvalue weighted by atomic mass is 16.5. The van der Waals surface area contributed by atoms with Gasteiger partial charge in [-0.25, -0.2) is 0 Å². The molecular weight excluding hydrogens is 200 g/mol. The third kappa shape index (κ3) is 3.19. The lowest BCUT2D eigenvalue weighted by Gasteiger charge is -2.35. The van der Waals surface area contributed by atoms with E-state index in [1.807, 2.05) is 0 Å². The fraction of sp³-hybridized carbons (Fsp3) is 1.00. The van der Waals surface area contributed by atoms with E-state index in [2.05, 4.69) is 17.3 Å². The molecule has 3 heteroatoms. The van der Waals surface area contributed by atoms with Crippen molar-refractivity contribution in [2.75, 3.05) is 27.3 Å². The predicted molar refractivity (Wildman–Crippen MR) is 66.7 cm³/mol. The van der Waals surface area contributed by atoms with E-state index in [-0.39, 0.29) is 0 Å². The van der Waals surface area contributed by atoms with Crippen LogP contribution < -0.4 is 5.32 Å². The first-order valence-electron chi connectivity index (χ1n) is 6.75. The summed E-state index contributed by atoms with van der Waals surface area (Å²) in [5.41, 5.74) is 0. The lowest BCUT2D eigenvalue weighted by Crippen LogP contribution is -2.47. The van der Waals surface area contributed by atoms with Crippen molar-refractivity contribution in [3.05, 3.63) is 0 Å². The number of piperidine rings is 1. The second kappa shape index (κ2) is 5.99. The van der Waals surface area contributed by atoms with Crippen LogP contribution in [0.2, 0.25) is 0 Å². The number of ether oxygens (including phenoxy) is 1. The van der Waals surface area contributed by atoms with Gasteiger partial charge in [-0.05, 0) is 52.1 Å². The van der Waals surface area contributed by atoms with Gasteiger partial charge in [-0.3, -0.25) is 0 Å². The second-order valence-corrected chi connectivity index (χ2v) is 5.44. The molecule has 2 bridgehead atoms. The Labute approximate surface area is 99.5 Å². The number of nitrogens with one attached hydrogen (secondary N) is 1. The summed E-state index contributed by atoms with van der Waals surface area (Å²) in [6.45, 7) is 2.14. The highest BCUT2D eigenvalue weighted by molar-refractivity contribution is 4.95. The Morgan fingerprint density at radius 2 is 1.88 bits per heavy atom. The van der Waals surface area contributed by atoms with Crippen LogP contribution in [0.15, 0.2) is 0 Å². The predicted octanol–water partition coefficient (Wildman–Crippen LogP) is 1.63. The van der Waals surface area contributed by atoms with E-state index < -0.39 is 0 Å². The van der Waals surface area contributed by atoms with E-state index in [0.29, 0.717) is 0 Å². The maximum atomic E-state index is 5.08. The van der Waals surface area contributed by atoms with Crippen molar-refractivity contribution in [1.29, 1.82) is 0 Å². The summed E-state index contributed by atoms with van der Waals surface area (Å²) >= 11 is 0. The third-order valence-corrected chi connectivity index (χ3v) is 4.18. The van der Waals surface area contributed by atoms with Crippen LogP contribution in [-0.2, 0) is 4.74 Å². The van der Waals surface area contributed by atoms with Crippen LogP contribution in [0.3, 0.4) is 0 Å². The average molecular weight is 226 g/mol. The van der Waals surface area contributed by atoms with Crippen molar-refractivity contribution in [1.82, 2.24) is 10.2 Å². The zero-order chi connectivity index (χ0) is 11.4. The van der Waals surface area contributed by atoms with E-state index in [9.17, 15) is 0 Å². The number of nitrogens with zero attached hydrogens (tertiary/aromatic N) is 1. The van der Waals surface area contributed by atoms with Gasteiger partial charge in [0.2, 0.25) is 0 Å². The maximum Gasteiger partial charge on any atom is 0.0462 e. The number of hydrogen-bond acceptors (Lipinski definition) is 3. The average Bonchev–Trinajstić information content (AvgIpc) is 2.63. The minimum Gasteiger partial charge on any atom is -0.385 e. The lowest BCUT2D eigenvalue weighted by atomic mass is 9.98. The quantitative estimate of drug-likeness (QED) is 0.697. The molecule has 0 aromatic heterocycles. The fourth-order valence-corrected chi connectivity index (χ4v) is 3.18. The zero-order valence-corrected chi connectivity index (χ0v) is 10.7. The summed E-state index contributed by atoms with van der Waals surface area (Å²) in [7, 11) is 4.08.